The zero-order valence-corrected chi connectivity index (χ0v) is 16.8. The SMILES string of the molecule is CCNC(=NCCC(O)(c1nccn1C)C(F)(F)F)N1CCSC(CC)C1. The van der Waals surface area contributed by atoms with Crippen LogP contribution in [0.4, 0.5) is 13.2 Å². The van der Waals surface area contributed by atoms with Crippen molar-refractivity contribution in [2.24, 2.45) is 12.0 Å². The molecule has 0 saturated carbocycles. The molecular formula is C17H28F3N5OS. The van der Waals surface area contributed by atoms with Crippen molar-refractivity contribution >= 4 is 17.7 Å². The highest BCUT2D eigenvalue weighted by atomic mass is 32.2. The molecule has 1 aliphatic heterocycles. The average Bonchev–Trinajstić information content (AvgIpc) is 3.06. The van der Waals surface area contributed by atoms with Gasteiger partial charge in [0.1, 0.15) is 5.82 Å². The minimum absolute atomic E-state index is 0.161. The lowest BCUT2D eigenvalue weighted by Gasteiger charge is -2.34. The first-order valence-corrected chi connectivity index (χ1v) is 10.2. The molecule has 1 aliphatic rings. The second-order valence-electron chi connectivity index (χ2n) is 6.55. The van der Waals surface area contributed by atoms with E-state index in [0.717, 1.165) is 25.3 Å². The maximum Gasteiger partial charge on any atom is 0.424 e. The van der Waals surface area contributed by atoms with Crippen molar-refractivity contribution in [3.8, 4) is 0 Å². The molecular weight excluding hydrogens is 379 g/mol. The van der Waals surface area contributed by atoms with Crippen molar-refractivity contribution in [1.29, 1.82) is 0 Å². The molecule has 154 valence electrons. The molecule has 2 unspecified atom stereocenters. The fourth-order valence-corrected chi connectivity index (χ4v) is 4.23. The highest BCUT2D eigenvalue weighted by Crippen LogP contribution is 2.40. The van der Waals surface area contributed by atoms with Crippen molar-refractivity contribution in [1.82, 2.24) is 19.8 Å². The summed E-state index contributed by atoms with van der Waals surface area (Å²) in [5.41, 5.74) is -3.03. The number of imidazole rings is 1. The number of alkyl halides is 3. The molecule has 10 heteroatoms. The van der Waals surface area contributed by atoms with Crippen LogP contribution in [-0.4, -0.2) is 68.9 Å². The predicted molar refractivity (Wildman–Crippen MR) is 102 cm³/mol. The minimum atomic E-state index is -4.84. The van der Waals surface area contributed by atoms with Gasteiger partial charge < -0.3 is 19.9 Å². The predicted octanol–water partition coefficient (Wildman–Crippen LogP) is 2.35. The van der Waals surface area contributed by atoms with E-state index in [1.165, 1.54) is 24.0 Å². The average molecular weight is 408 g/mol. The maximum atomic E-state index is 13.6. The summed E-state index contributed by atoms with van der Waals surface area (Å²) in [7, 11) is 1.43. The number of nitrogens with one attached hydrogen (secondary N) is 1. The number of aliphatic hydroxyl groups is 1. The van der Waals surface area contributed by atoms with Crippen molar-refractivity contribution in [3.63, 3.8) is 0 Å². The minimum Gasteiger partial charge on any atom is -0.374 e. The van der Waals surface area contributed by atoms with Gasteiger partial charge in [0, 0.05) is 63.0 Å². The number of rotatable bonds is 6. The summed E-state index contributed by atoms with van der Waals surface area (Å²) in [5.74, 6) is 1.14. The number of halogens is 3. The van der Waals surface area contributed by atoms with Crippen LogP contribution < -0.4 is 5.32 Å². The van der Waals surface area contributed by atoms with Crippen LogP contribution >= 0.6 is 11.8 Å². The summed E-state index contributed by atoms with van der Waals surface area (Å²) in [4.78, 5) is 10.2. The smallest absolute Gasteiger partial charge is 0.374 e. The topological polar surface area (TPSA) is 65.7 Å². The zero-order valence-electron chi connectivity index (χ0n) is 16.0. The summed E-state index contributed by atoms with van der Waals surface area (Å²) >= 11 is 1.91. The highest BCUT2D eigenvalue weighted by Gasteiger charge is 2.57. The normalized spacial score (nSPS) is 21.2. The fraction of sp³-hybridized carbons (Fsp3) is 0.765. The molecule has 2 heterocycles. The van der Waals surface area contributed by atoms with Gasteiger partial charge in [-0.3, -0.25) is 4.99 Å². The molecule has 6 nitrogen and oxygen atoms in total. The number of hydrogen-bond acceptors (Lipinski definition) is 4. The first-order chi connectivity index (χ1) is 12.7. The molecule has 0 bridgehead atoms. The van der Waals surface area contributed by atoms with Crippen molar-refractivity contribution in [2.75, 3.05) is 31.9 Å². The van der Waals surface area contributed by atoms with E-state index in [1.54, 1.807) is 0 Å². The van der Waals surface area contributed by atoms with Gasteiger partial charge >= 0.3 is 6.18 Å². The van der Waals surface area contributed by atoms with Gasteiger partial charge in [0.05, 0.1) is 0 Å². The number of thioether (sulfide) groups is 1. The molecule has 0 spiro atoms. The first kappa shape index (κ1) is 21.9. The van der Waals surface area contributed by atoms with E-state index in [9.17, 15) is 18.3 Å². The van der Waals surface area contributed by atoms with Crippen molar-refractivity contribution < 1.29 is 18.3 Å². The van der Waals surface area contributed by atoms with Gasteiger partial charge in [-0.25, -0.2) is 4.98 Å². The Morgan fingerprint density at radius 3 is 2.74 bits per heavy atom. The first-order valence-electron chi connectivity index (χ1n) is 9.14. The summed E-state index contributed by atoms with van der Waals surface area (Å²) in [6.45, 7) is 6.13. The number of nitrogens with zero attached hydrogens (tertiary/aromatic N) is 4. The maximum absolute atomic E-state index is 13.6. The summed E-state index contributed by atoms with van der Waals surface area (Å²) < 4.78 is 42.0. The van der Waals surface area contributed by atoms with Crippen LogP contribution in [0.5, 0.6) is 0 Å². The molecule has 2 N–H and O–H groups in total. The Hall–Kier alpha value is -1.42. The van der Waals surface area contributed by atoms with E-state index in [-0.39, 0.29) is 6.54 Å². The molecule has 1 aromatic heterocycles. The molecule has 1 aromatic rings. The Morgan fingerprint density at radius 2 is 2.19 bits per heavy atom. The lowest BCUT2D eigenvalue weighted by molar-refractivity contribution is -0.272. The quantitative estimate of drug-likeness (QED) is 0.560. The van der Waals surface area contributed by atoms with Crippen LogP contribution in [0.15, 0.2) is 17.4 Å². The molecule has 0 aromatic carbocycles. The lowest BCUT2D eigenvalue weighted by Crippen LogP contribution is -2.48. The van der Waals surface area contributed by atoms with E-state index in [1.807, 2.05) is 18.7 Å². The van der Waals surface area contributed by atoms with Gasteiger partial charge in [-0.1, -0.05) is 6.92 Å². The van der Waals surface area contributed by atoms with Gasteiger partial charge in [-0.05, 0) is 13.3 Å². The molecule has 2 atom stereocenters. The molecule has 0 aliphatic carbocycles. The Balaban J connectivity index is 2.15. The van der Waals surface area contributed by atoms with Crippen LogP contribution in [0.25, 0.3) is 0 Å². The van der Waals surface area contributed by atoms with E-state index < -0.39 is 24.0 Å². The number of guanidine groups is 1. The number of aryl methyl sites for hydroxylation is 1. The monoisotopic (exact) mass is 407 g/mol. The number of aliphatic imine (C=N–C) groups is 1. The molecule has 0 amide bonds. The van der Waals surface area contributed by atoms with Gasteiger partial charge in [-0.2, -0.15) is 24.9 Å². The summed E-state index contributed by atoms with van der Waals surface area (Å²) in [5, 5.41) is 14.0. The van der Waals surface area contributed by atoms with E-state index in [4.69, 9.17) is 0 Å². The number of aromatic nitrogens is 2. The highest BCUT2D eigenvalue weighted by molar-refractivity contribution is 8.00. The largest absolute Gasteiger partial charge is 0.424 e. The van der Waals surface area contributed by atoms with Crippen LogP contribution in [0.2, 0.25) is 0 Å². The van der Waals surface area contributed by atoms with Crippen molar-refractivity contribution in [2.45, 2.75) is 43.7 Å². The summed E-state index contributed by atoms with van der Waals surface area (Å²) in [6, 6.07) is 0. The van der Waals surface area contributed by atoms with E-state index >= 15 is 0 Å². The Bertz CT molecular complexity index is 636. The van der Waals surface area contributed by atoms with E-state index in [2.05, 4.69) is 27.1 Å². The fourth-order valence-electron chi connectivity index (χ4n) is 3.05. The Labute approximate surface area is 162 Å². The second kappa shape index (κ2) is 9.18. The third kappa shape index (κ3) is 5.10. The molecule has 2 rings (SSSR count). The van der Waals surface area contributed by atoms with Crippen molar-refractivity contribution in [3.05, 3.63) is 18.2 Å². The van der Waals surface area contributed by atoms with Crippen LogP contribution in [0.3, 0.4) is 0 Å². The third-order valence-corrected chi connectivity index (χ3v) is 6.00. The Morgan fingerprint density at radius 1 is 1.44 bits per heavy atom. The van der Waals surface area contributed by atoms with Gasteiger partial charge in [0.15, 0.2) is 5.96 Å². The standard InChI is InChI=1S/C17H28F3N5OS/c1-4-13-12-25(10-11-27-13)15(21-5-2)23-7-6-16(26,17(18,19)20)14-22-8-9-24(14)3/h8-9,13,26H,4-7,10-12H2,1-3H3,(H,21,23). The molecule has 1 saturated heterocycles. The Kier molecular flexibility index (Phi) is 7.44. The third-order valence-electron chi connectivity index (χ3n) is 4.62. The lowest BCUT2D eigenvalue weighted by atomic mass is 9.98. The van der Waals surface area contributed by atoms with Crippen LogP contribution in [0.1, 0.15) is 32.5 Å². The molecule has 0 radical (unpaired) electrons. The van der Waals surface area contributed by atoms with Gasteiger partial charge in [-0.15, -0.1) is 0 Å². The zero-order chi connectivity index (χ0) is 20.1. The number of hydrogen-bond donors (Lipinski definition) is 2. The second-order valence-corrected chi connectivity index (χ2v) is 7.96. The summed E-state index contributed by atoms with van der Waals surface area (Å²) in [6.07, 6.45) is -1.76. The molecule has 27 heavy (non-hydrogen) atoms. The van der Waals surface area contributed by atoms with Gasteiger partial charge in [0.25, 0.3) is 0 Å². The molecule has 1 fully saturated rings. The van der Waals surface area contributed by atoms with E-state index in [0.29, 0.717) is 17.8 Å². The van der Waals surface area contributed by atoms with Gasteiger partial charge in [0.2, 0.25) is 5.60 Å². The van der Waals surface area contributed by atoms with Crippen LogP contribution in [-0.2, 0) is 12.6 Å². The van der Waals surface area contributed by atoms with Crippen LogP contribution in [0, 0.1) is 0 Å².